The van der Waals surface area contributed by atoms with Crippen molar-refractivity contribution < 1.29 is 4.74 Å². The normalized spacial score (nSPS) is 10.9. The van der Waals surface area contributed by atoms with Crippen molar-refractivity contribution in [2.75, 3.05) is 7.11 Å². The van der Waals surface area contributed by atoms with Crippen LogP contribution in [0.5, 0.6) is 5.75 Å². The zero-order chi connectivity index (χ0) is 14.1. The van der Waals surface area contributed by atoms with Crippen molar-refractivity contribution in [3.05, 3.63) is 45.6 Å². The molecule has 0 aliphatic heterocycles. The predicted molar refractivity (Wildman–Crippen MR) is 81.6 cm³/mol. The number of methoxy groups -OCH3 is 1. The van der Waals surface area contributed by atoms with E-state index in [0.717, 1.165) is 22.6 Å². The predicted octanol–water partition coefficient (Wildman–Crippen LogP) is 3.22. The Morgan fingerprint density at radius 3 is 2.70 bits per heavy atom. The minimum atomic E-state index is -0.0863. The van der Waals surface area contributed by atoms with Gasteiger partial charge in [-0.2, -0.15) is 0 Å². The summed E-state index contributed by atoms with van der Waals surface area (Å²) in [5, 5.41) is 0.670. The Hall–Kier alpha value is -2.14. The monoisotopic (exact) mass is 286 g/mol. The van der Waals surface area contributed by atoms with Crippen LogP contribution in [0.15, 0.2) is 35.1 Å². The molecule has 1 N–H and O–H groups in total. The fourth-order valence-electron chi connectivity index (χ4n) is 2.04. The van der Waals surface area contributed by atoms with Gasteiger partial charge in [-0.25, -0.2) is 4.98 Å². The van der Waals surface area contributed by atoms with Crippen LogP contribution >= 0.6 is 11.3 Å². The Balaban J connectivity index is 2.13. The van der Waals surface area contributed by atoms with Crippen molar-refractivity contribution in [2.45, 2.75) is 13.3 Å². The zero-order valence-corrected chi connectivity index (χ0v) is 12.1. The van der Waals surface area contributed by atoms with E-state index in [4.69, 9.17) is 4.74 Å². The summed E-state index contributed by atoms with van der Waals surface area (Å²) in [6, 6.07) is 9.40. The van der Waals surface area contributed by atoms with E-state index in [-0.39, 0.29) is 5.56 Å². The lowest BCUT2D eigenvalue weighted by Gasteiger charge is -2.03. The number of benzene rings is 1. The van der Waals surface area contributed by atoms with Gasteiger partial charge in [-0.1, -0.05) is 6.92 Å². The van der Waals surface area contributed by atoms with Crippen molar-refractivity contribution in [3.63, 3.8) is 0 Å². The van der Waals surface area contributed by atoms with Crippen molar-refractivity contribution in [1.29, 1.82) is 0 Å². The molecular weight excluding hydrogens is 272 g/mol. The van der Waals surface area contributed by atoms with Gasteiger partial charge in [-0.3, -0.25) is 4.79 Å². The maximum atomic E-state index is 12.1. The molecule has 3 aromatic rings. The maximum absolute atomic E-state index is 12.1. The van der Waals surface area contributed by atoms with E-state index >= 15 is 0 Å². The van der Waals surface area contributed by atoms with E-state index in [0.29, 0.717) is 11.2 Å². The summed E-state index contributed by atoms with van der Waals surface area (Å²) in [5.74, 6) is 1.37. The molecule has 102 valence electrons. The fourth-order valence-corrected chi connectivity index (χ4v) is 3.01. The number of H-pyrrole nitrogens is 1. The first kappa shape index (κ1) is 12.9. The number of rotatable bonds is 3. The molecule has 0 amide bonds. The quantitative estimate of drug-likeness (QED) is 0.804. The van der Waals surface area contributed by atoms with E-state index in [1.807, 2.05) is 30.3 Å². The SMILES string of the molecule is CCc1cc2c(=O)[nH]c(-c3ccc(OC)cc3)nc2s1. The summed E-state index contributed by atoms with van der Waals surface area (Å²) in [6.07, 6.45) is 0.915. The number of nitrogens with one attached hydrogen (secondary N) is 1. The molecule has 0 fully saturated rings. The topological polar surface area (TPSA) is 55.0 Å². The minimum absolute atomic E-state index is 0.0863. The lowest BCUT2D eigenvalue weighted by Crippen LogP contribution is -2.07. The molecule has 2 heterocycles. The Bertz CT molecular complexity index is 803. The molecule has 0 unspecified atom stereocenters. The number of hydrogen-bond donors (Lipinski definition) is 1. The second-order valence-corrected chi connectivity index (χ2v) is 5.54. The number of thiophene rings is 1. The number of nitrogens with zero attached hydrogens (tertiary/aromatic N) is 1. The highest BCUT2D eigenvalue weighted by atomic mass is 32.1. The van der Waals surface area contributed by atoms with Crippen molar-refractivity contribution in [2.24, 2.45) is 0 Å². The van der Waals surface area contributed by atoms with E-state index in [2.05, 4.69) is 16.9 Å². The van der Waals surface area contributed by atoms with Crippen molar-refractivity contribution in [1.82, 2.24) is 9.97 Å². The van der Waals surface area contributed by atoms with Gasteiger partial charge in [0, 0.05) is 10.4 Å². The van der Waals surface area contributed by atoms with Crippen LogP contribution in [0.2, 0.25) is 0 Å². The summed E-state index contributed by atoms with van der Waals surface area (Å²) in [6.45, 7) is 2.07. The number of fused-ring (bicyclic) bond motifs is 1. The van der Waals surface area contributed by atoms with Crippen LogP contribution in [0.1, 0.15) is 11.8 Å². The van der Waals surface area contributed by atoms with Crippen LogP contribution in [0.3, 0.4) is 0 Å². The third-order valence-electron chi connectivity index (χ3n) is 3.17. The van der Waals surface area contributed by atoms with Crippen LogP contribution in [0.4, 0.5) is 0 Å². The van der Waals surface area contributed by atoms with Gasteiger partial charge in [-0.15, -0.1) is 11.3 Å². The average molecular weight is 286 g/mol. The molecule has 0 bridgehead atoms. The molecule has 2 aromatic heterocycles. The highest BCUT2D eigenvalue weighted by molar-refractivity contribution is 7.18. The van der Waals surface area contributed by atoms with Crippen LogP contribution in [-0.4, -0.2) is 17.1 Å². The van der Waals surface area contributed by atoms with Crippen molar-refractivity contribution >= 4 is 21.6 Å². The zero-order valence-electron chi connectivity index (χ0n) is 11.3. The number of ether oxygens (including phenoxy) is 1. The molecule has 4 nitrogen and oxygen atoms in total. The van der Waals surface area contributed by atoms with Gasteiger partial charge in [-0.05, 0) is 36.8 Å². The summed E-state index contributed by atoms with van der Waals surface area (Å²) in [7, 11) is 1.62. The van der Waals surface area contributed by atoms with Crippen molar-refractivity contribution in [3.8, 4) is 17.1 Å². The summed E-state index contributed by atoms with van der Waals surface area (Å²) in [5.41, 5.74) is 0.785. The average Bonchev–Trinajstić information content (AvgIpc) is 2.91. The van der Waals surface area contributed by atoms with Crippen LogP contribution < -0.4 is 10.3 Å². The van der Waals surface area contributed by atoms with Crippen LogP contribution in [0.25, 0.3) is 21.6 Å². The molecule has 0 saturated carbocycles. The fraction of sp³-hybridized carbons (Fsp3) is 0.200. The van der Waals surface area contributed by atoms with E-state index < -0.39 is 0 Å². The van der Waals surface area contributed by atoms with Gasteiger partial charge in [0.1, 0.15) is 16.4 Å². The van der Waals surface area contributed by atoms with Gasteiger partial charge in [0.05, 0.1) is 12.5 Å². The second-order valence-electron chi connectivity index (χ2n) is 4.43. The van der Waals surface area contributed by atoms with E-state index in [1.54, 1.807) is 18.4 Å². The maximum Gasteiger partial charge on any atom is 0.259 e. The van der Waals surface area contributed by atoms with Crippen LogP contribution in [0, 0.1) is 0 Å². The summed E-state index contributed by atoms with van der Waals surface area (Å²) < 4.78 is 5.13. The highest BCUT2D eigenvalue weighted by Gasteiger charge is 2.09. The molecule has 20 heavy (non-hydrogen) atoms. The number of aromatic amines is 1. The second kappa shape index (κ2) is 5.09. The van der Waals surface area contributed by atoms with Crippen LogP contribution in [-0.2, 0) is 6.42 Å². The molecule has 1 aromatic carbocycles. The number of hydrogen-bond acceptors (Lipinski definition) is 4. The first-order chi connectivity index (χ1) is 9.71. The largest absolute Gasteiger partial charge is 0.497 e. The minimum Gasteiger partial charge on any atom is -0.497 e. The molecule has 5 heteroatoms. The third-order valence-corrected chi connectivity index (χ3v) is 4.34. The molecule has 3 rings (SSSR count). The molecule has 0 aliphatic rings. The smallest absolute Gasteiger partial charge is 0.259 e. The molecule has 0 spiro atoms. The van der Waals surface area contributed by atoms with Gasteiger partial charge in [0.2, 0.25) is 0 Å². The molecule has 0 aliphatic carbocycles. The highest BCUT2D eigenvalue weighted by Crippen LogP contribution is 2.24. The van der Waals surface area contributed by atoms with Gasteiger partial charge >= 0.3 is 0 Å². The van der Waals surface area contributed by atoms with E-state index in [1.165, 1.54) is 4.88 Å². The van der Waals surface area contributed by atoms with E-state index in [9.17, 15) is 4.79 Å². The number of aryl methyl sites for hydroxylation is 1. The lowest BCUT2D eigenvalue weighted by molar-refractivity contribution is 0.415. The first-order valence-electron chi connectivity index (χ1n) is 6.38. The summed E-state index contributed by atoms with van der Waals surface area (Å²) in [4.78, 5) is 21.5. The van der Waals surface area contributed by atoms with Gasteiger partial charge < -0.3 is 9.72 Å². The Morgan fingerprint density at radius 1 is 1.30 bits per heavy atom. The molecular formula is C15H14N2O2S. The molecule has 0 atom stereocenters. The Labute approximate surface area is 120 Å². The van der Waals surface area contributed by atoms with Gasteiger partial charge in [0.25, 0.3) is 5.56 Å². The molecule has 0 radical (unpaired) electrons. The Kier molecular flexibility index (Phi) is 3.28. The lowest BCUT2D eigenvalue weighted by atomic mass is 10.2. The first-order valence-corrected chi connectivity index (χ1v) is 7.20. The summed E-state index contributed by atoms with van der Waals surface area (Å²) >= 11 is 1.57. The standard InChI is InChI=1S/C15H14N2O2S/c1-3-11-8-12-14(18)16-13(17-15(12)20-11)9-4-6-10(19-2)7-5-9/h4-8H,3H2,1-2H3,(H,16,17,18). The van der Waals surface area contributed by atoms with Gasteiger partial charge in [0.15, 0.2) is 0 Å². The third kappa shape index (κ3) is 2.20. The Morgan fingerprint density at radius 2 is 2.05 bits per heavy atom. The number of aromatic nitrogens is 2. The molecule has 0 saturated heterocycles.